The lowest BCUT2D eigenvalue weighted by Gasteiger charge is -2.28. The van der Waals surface area contributed by atoms with Gasteiger partial charge in [-0.1, -0.05) is 116 Å². The van der Waals surface area contributed by atoms with Crippen LogP contribution in [0.4, 0.5) is 11.4 Å². The molecule has 0 aliphatic rings. The first-order valence-electron chi connectivity index (χ1n) is 18.4. The second-order valence-electron chi connectivity index (χ2n) is 13.9. The number of anilines is 2. The summed E-state index contributed by atoms with van der Waals surface area (Å²) in [4.78, 5) is 15.0. The molecule has 0 unspecified atom stereocenters. The molecule has 0 aliphatic carbocycles. The molecule has 2 N–H and O–H groups in total. The minimum atomic E-state index is 0.410. The standard InChI is InChI=1S/C42H64N6/c1-13-47(14-2)41(45-39-35(29(5)6)22-18-23-36(39)30(7)8)43-27-33-20-17-21-34(26-33)28-44-42(48(15-3)16-4)46-40-37(31(9)10)24-19-25-38(40)32(11)12/h17-26,29-32H,13-16,27-28H2,1-12H3,(H,43,45)(H,44,46). The number of benzene rings is 3. The third-order valence-electron chi connectivity index (χ3n) is 9.16. The van der Waals surface area contributed by atoms with Crippen LogP contribution in [0.1, 0.15) is 140 Å². The molecule has 0 bridgehead atoms. The van der Waals surface area contributed by atoms with Gasteiger partial charge in [-0.3, -0.25) is 0 Å². The van der Waals surface area contributed by atoms with E-state index in [-0.39, 0.29) is 0 Å². The smallest absolute Gasteiger partial charge is 0.198 e. The highest BCUT2D eigenvalue weighted by Crippen LogP contribution is 2.34. The van der Waals surface area contributed by atoms with E-state index in [0.717, 1.165) is 38.1 Å². The molecule has 0 fully saturated rings. The molecule has 0 aliphatic heterocycles. The monoisotopic (exact) mass is 653 g/mol. The van der Waals surface area contributed by atoms with E-state index in [0.29, 0.717) is 36.8 Å². The van der Waals surface area contributed by atoms with Crippen molar-refractivity contribution in [1.29, 1.82) is 0 Å². The molecule has 0 aromatic heterocycles. The summed E-state index contributed by atoms with van der Waals surface area (Å²) in [6.07, 6.45) is 0. The summed E-state index contributed by atoms with van der Waals surface area (Å²) >= 11 is 0. The Labute approximate surface area is 293 Å². The number of guanidine groups is 2. The summed E-state index contributed by atoms with van der Waals surface area (Å²) in [5.41, 5.74) is 10.1. The third kappa shape index (κ3) is 10.1. The van der Waals surface area contributed by atoms with Crippen LogP contribution in [0.15, 0.2) is 70.6 Å². The van der Waals surface area contributed by atoms with Gasteiger partial charge in [-0.15, -0.1) is 0 Å². The van der Waals surface area contributed by atoms with E-state index >= 15 is 0 Å². The maximum atomic E-state index is 5.21. The Morgan fingerprint density at radius 1 is 0.500 bits per heavy atom. The average Bonchev–Trinajstić information content (AvgIpc) is 3.06. The fraction of sp³-hybridized carbons (Fsp3) is 0.524. The Hall–Kier alpha value is -3.80. The lowest BCUT2D eigenvalue weighted by molar-refractivity contribution is 0.462. The molecule has 6 nitrogen and oxygen atoms in total. The Balaban J connectivity index is 1.95. The second kappa shape index (κ2) is 18.7. The molecule has 0 radical (unpaired) electrons. The topological polar surface area (TPSA) is 55.3 Å². The molecule has 48 heavy (non-hydrogen) atoms. The van der Waals surface area contributed by atoms with Crippen LogP contribution in [0.5, 0.6) is 0 Å². The number of rotatable bonds is 14. The lowest BCUT2D eigenvalue weighted by Crippen LogP contribution is -2.37. The molecule has 0 heterocycles. The van der Waals surface area contributed by atoms with Crippen LogP contribution < -0.4 is 10.6 Å². The van der Waals surface area contributed by atoms with Gasteiger partial charge in [-0.05, 0) is 84.7 Å². The number of hydrogen-bond acceptors (Lipinski definition) is 2. The molecule has 0 saturated heterocycles. The Kier molecular flexibility index (Phi) is 15.0. The van der Waals surface area contributed by atoms with E-state index in [1.165, 1.54) is 44.8 Å². The van der Waals surface area contributed by atoms with Gasteiger partial charge in [-0.2, -0.15) is 0 Å². The van der Waals surface area contributed by atoms with Crippen molar-refractivity contribution in [2.24, 2.45) is 9.98 Å². The third-order valence-corrected chi connectivity index (χ3v) is 9.16. The van der Waals surface area contributed by atoms with Crippen LogP contribution >= 0.6 is 0 Å². The minimum absolute atomic E-state index is 0.410. The average molecular weight is 653 g/mol. The molecule has 0 spiro atoms. The van der Waals surface area contributed by atoms with Gasteiger partial charge in [0.25, 0.3) is 0 Å². The van der Waals surface area contributed by atoms with Gasteiger partial charge in [0.05, 0.1) is 13.1 Å². The Morgan fingerprint density at radius 2 is 0.792 bits per heavy atom. The predicted octanol–water partition coefficient (Wildman–Crippen LogP) is 10.8. The molecule has 3 aromatic rings. The maximum Gasteiger partial charge on any atom is 0.198 e. The highest BCUT2D eigenvalue weighted by Gasteiger charge is 2.19. The maximum absolute atomic E-state index is 5.21. The van der Waals surface area contributed by atoms with Gasteiger partial charge < -0.3 is 20.4 Å². The summed E-state index contributed by atoms with van der Waals surface area (Å²) in [5, 5.41) is 7.64. The Bertz CT molecular complexity index is 1330. The van der Waals surface area contributed by atoms with Crippen molar-refractivity contribution in [1.82, 2.24) is 9.80 Å². The summed E-state index contributed by atoms with van der Waals surface area (Å²) in [6.45, 7) is 31.6. The van der Waals surface area contributed by atoms with E-state index in [1.54, 1.807) is 0 Å². The highest BCUT2D eigenvalue weighted by molar-refractivity contribution is 5.96. The normalized spacial score (nSPS) is 12.4. The summed E-state index contributed by atoms with van der Waals surface area (Å²) < 4.78 is 0. The van der Waals surface area contributed by atoms with Crippen LogP contribution in [0.3, 0.4) is 0 Å². The van der Waals surface area contributed by atoms with Gasteiger partial charge in [-0.25, -0.2) is 9.98 Å². The van der Waals surface area contributed by atoms with Crippen molar-refractivity contribution in [2.75, 3.05) is 36.8 Å². The number of nitrogens with one attached hydrogen (secondary N) is 2. The van der Waals surface area contributed by atoms with Crippen LogP contribution in [-0.4, -0.2) is 47.9 Å². The van der Waals surface area contributed by atoms with Crippen molar-refractivity contribution in [3.05, 3.63) is 94.0 Å². The van der Waals surface area contributed by atoms with Crippen molar-refractivity contribution in [3.63, 3.8) is 0 Å². The Morgan fingerprint density at radius 3 is 1.06 bits per heavy atom. The van der Waals surface area contributed by atoms with E-state index < -0.39 is 0 Å². The van der Waals surface area contributed by atoms with Gasteiger partial charge >= 0.3 is 0 Å². The molecular formula is C42H64N6. The molecule has 0 amide bonds. The molecule has 262 valence electrons. The van der Waals surface area contributed by atoms with Crippen molar-refractivity contribution in [2.45, 2.75) is 120 Å². The molecule has 3 aromatic carbocycles. The quantitative estimate of drug-likeness (QED) is 0.134. The summed E-state index contributed by atoms with van der Waals surface area (Å²) in [7, 11) is 0. The number of hydrogen-bond donors (Lipinski definition) is 2. The number of aliphatic imine (C=N–C) groups is 2. The van der Waals surface area contributed by atoms with Crippen LogP contribution in [0.25, 0.3) is 0 Å². The highest BCUT2D eigenvalue weighted by atomic mass is 15.3. The van der Waals surface area contributed by atoms with Crippen LogP contribution in [0, 0.1) is 0 Å². The minimum Gasteiger partial charge on any atom is -0.343 e. The fourth-order valence-electron chi connectivity index (χ4n) is 6.26. The van der Waals surface area contributed by atoms with Crippen molar-refractivity contribution >= 4 is 23.3 Å². The largest absolute Gasteiger partial charge is 0.343 e. The first-order valence-corrected chi connectivity index (χ1v) is 18.4. The van der Waals surface area contributed by atoms with Crippen LogP contribution in [0.2, 0.25) is 0 Å². The summed E-state index contributed by atoms with van der Waals surface area (Å²) in [6, 6.07) is 22.1. The number of nitrogens with zero attached hydrogens (tertiary/aromatic N) is 4. The molecule has 3 rings (SSSR count). The lowest BCUT2D eigenvalue weighted by atomic mass is 9.92. The van der Waals surface area contributed by atoms with Gasteiger partial charge in [0, 0.05) is 37.6 Å². The number of para-hydroxylation sites is 2. The summed E-state index contributed by atoms with van der Waals surface area (Å²) in [5.74, 6) is 3.49. The fourth-order valence-corrected chi connectivity index (χ4v) is 6.26. The van der Waals surface area contributed by atoms with Gasteiger partial charge in [0.2, 0.25) is 0 Å². The van der Waals surface area contributed by atoms with E-state index in [1.807, 2.05) is 0 Å². The van der Waals surface area contributed by atoms with Gasteiger partial charge in [0.1, 0.15) is 0 Å². The molecular weight excluding hydrogens is 589 g/mol. The first kappa shape index (κ1) is 38.6. The van der Waals surface area contributed by atoms with Crippen molar-refractivity contribution in [3.8, 4) is 0 Å². The van der Waals surface area contributed by atoms with Crippen LogP contribution in [-0.2, 0) is 13.1 Å². The van der Waals surface area contributed by atoms with Crippen molar-refractivity contribution < 1.29 is 0 Å². The zero-order valence-electron chi connectivity index (χ0n) is 32.1. The van der Waals surface area contributed by atoms with Gasteiger partial charge in [0.15, 0.2) is 11.9 Å². The molecule has 0 saturated carbocycles. The zero-order valence-corrected chi connectivity index (χ0v) is 32.1. The second-order valence-corrected chi connectivity index (χ2v) is 13.9. The van der Waals surface area contributed by atoms with E-state index in [2.05, 4.69) is 164 Å². The van der Waals surface area contributed by atoms with E-state index in [9.17, 15) is 0 Å². The molecule has 0 atom stereocenters. The predicted molar refractivity (Wildman–Crippen MR) is 211 cm³/mol. The van der Waals surface area contributed by atoms with E-state index in [4.69, 9.17) is 9.98 Å². The first-order chi connectivity index (χ1) is 22.9. The SMILES string of the molecule is CCN(CC)C(=NCc1cccc(CN=C(Nc2c(C(C)C)cccc2C(C)C)N(CC)CC)c1)Nc1c(C(C)C)cccc1C(C)C. The zero-order chi connectivity index (χ0) is 35.4. The molecule has 6 heteroatoms.